The maximum Gasteiger partial charge on any atom is 0.133 e. The molecule has 2 aromatic heterocycles. The van der Waals surface area contributed by atoms with Crippen LogP contribution in [0.5, 0.6) is 0 Å². The zero-order chi connectivity index (χ0) is 30.6. The summed E-state index contributed by atoms with van der Waals surface area (Å²) in [5.74, 6) is 2.11. The lowest BCUT2D eigenvalue weighted by atomic mass is 9.76. The van der Waals surface area contributed by atoms with Crippen LogP contribution in [-0.2, 0) is 29.1 Å². The van der Waals surface area contributed by atoms with E-state index in [0.29, 0.717) is 0 Å². The van der Waals surface area contributed by atoms with E-state index in [0.717, 1.165) is 50.4 Å². The average molecular weight is 573 g/mol. The number of rotatable bonds is 4. The topological polar surface area (TPSA) is 32.3 Å². The fraction of sp³-hybridized carbons (Fsp3) is 0.436. The normalized spacial score (nSPS) is 15.7. The molecule has 2 aromatic carbocycles. The minimum atomic E-state index is -0.169. The van der Waals surface area contributed by atoms with Crippen molar-refractivity contribution in [3.05, 3.63) is 106 Å². The minimum absolute atomic E-state index is 0.0874. The first-order chi connectivity index (χ1) is 20.3. The first kappa shape index (κ1) is 29.4. The maximum absolute atomic E-state index is 4.85. The van der Waals surface area contributed by atoms with Crippen LogP contribution in [0.15, 0.2) is 73.1 Å². The predicted octanol–water partition coefficient (Wildman–Crippen LogP) is 9.57. The molecule has 2 aliphatic rings. The molecule has 4 heterocycles. The van der Waals surface area contributed by atoms with Crippen LogP contribution >= 0.6 is 0 Å². The number of anilines is 4. The average Bonchev–Trinajstić information content (AvgIpc) is 2.99. The Hall–Kier alpha value is -3.66. The van der Waals surface area contributed by atoms with E-state index in [9.17, 15) is 0 Å². The van der Waals surface area contributed by atoms with E-state index in [-0.39, 0.29) is 16.2 Å². The third kappa shape index (κ3) is 5.69. The molecule has 0 aliphatic carbocycles. The maximum atomic E-state index is 4.85. The van der Waals surface area contributed by atoms with E-state index in [1.165, 1.54) is 44.8 Å². The van der Waals surface area contributed by atoms with Crippen LogP contribution in [0.2, 0.25) is 0 Å². The number of benzene rings is 2. The van der Waals surface area contributed by atoms with Gasteiger partial charge in [-0.1, -0.05) is 79.7 Å². The number of hydrogen-bond donors (Lipinski definition) is 0. The van der Waals surface area contributed by atoms with Gasteiger partial charge in [-0.05, 0) is 106 Å². The van der Waals surface area contributed by atoms with E-state index in [1.54, 1.807) is 0 Å². The Balaban J connectivity index is 1.37. The second-order valence-electron chi connectivity index (χ2n) is 15.1. The fourth-order valence-electron chi connectivity index (χ4n) is 6.63. The standard InChI is InChI=1S/C39H48N4/c1-37(2,3)29-17-19-40-35(25-29)42-21-9-11-27-13-15-31(23-33(27)42)39(7,8)32-16-14-28-12-10-22-43(34(28)24-32)36-26-30(18-20-41-36)38(4,5)6/h13-20,23-26H,9-12,21-22H2,1-8H3. The third-order valence-electron chi connectivity index (χ3n) is 9.63. The highest BCUT2D eigenvalue weighted by molar-refractivity contribution is 5.70. The second-order valence-corrected chi connectivity index (χ2v) is 15.1. The van der Waals surface area contributed by atoms with Gasteiger partial charge in [-0.3, -0.25) is 0 Å². The van der Waals surface area contributed by atoms with Crippen molar-refractivity contribution in [2.24, 2.45) is 0 Å². The Morgan fingerprint density at radius 1 is 0.512 bits per heavy atom. The van der Waals surface area contributed by atoms with Gasteiger partial charge in [0.05, 0.1) is 0 Å². The summed E-state index contributed by atoms with van der Waals surface area (Å²) in [5.41, 5.74) is 10.7. The lowest BCUT2D eigenvalue weighted by Gasteiger charge is -2.36. The van der Waals surface area contributed by atoms with Gasteiger partial charge in [0.1, 0.15) is 11.6 Å². The Morgan fingerprint density at radius 3 is 1.33 bits per heavy atom. The highest BCUT2D eigenvalue weighted by Gasteiger charge is 2.30. The Labute approximate surface area is 259 Å². The van der Waals surface area contributed by atoms with Crippen molar-refractivity contribution in [2.45, 2.75) is 97.3 Å². The summed E-state index contributed by atoms with van der Waals surface area (Å²) in [7, 11) is 0. The van der Waals surface area contributed by atoms with Crippen molar-refractivity contribution < 1.29 is 0 Å². The summed E-state index contributed by atoms with van der Waals surface area (Å²) < 4.78 is 0. The van der Waals surface area contributed by atoms with Crippen LogP contribution in [0, 0.1) is 0 Å². The Morgan fingerprint density at radius 2 is 0.930 bits per heavy atom. The quantitative estimate of drug-likeness (QED) is 0.244. The molecule has 4 nitrogen and oxygen atoms in total. The molecule has 43 heavy (non-hydrogen) atoms. The summed E-state index contributed by atoms with van der Waals surface area (Å²) in [4.78, 5) is 14.6. The van der Waals surface area contributed by atoms with E-state index < -0.39 is 0 Å². The van der Waals surface area contributed by atoms with Crippen LogP contribution in [0.4, 0.5) is 23.0 Å². The molecule has 224 valence electrons. The van der Waals surface area contributed by atoms with E-state index in [2.05, 4.69) is 126 Å². The Kier molecular flexibility index (Phi) is 7.39. The van der Waals surface area contributed by atoms with E-state index in [1.807, 2.05) is 12.4 Å². The molecule has 0 bridgehead atoms. The third-order valence-corrected chi connectivity index (χ3v) is 9.63. The molecule has 0 radical (unpaired) electrons. The number of hydrogen-bond acceptors (Lipinski definition) is 4. The number of aryl methyl sites for hydroxylation is 2. The summed E-state index contributed by atoms with van der Waals surface area (Å²) >= 11 is 0. The highest BCUT2D eigenvalue weighted by Crippen LogP contribution is 2.42. The number of nitrogens with zero attached hydrogens (tertiary/aromatic N) is 4. The van der Waals surface area contributed by atoms with Gasteiger partial charge in [0.2, 0.25) is 0 Å². The van der Waals surface area contributed by atoms with Crippen molar-refractivity contribution in [3.8, 4) is 0 Å². The fourth-order valence-corrected chi connectivity index (χ4v) is 6.63. The van der Waals surface area contributed by atoms with Gasteiger partial charge in [-0.2, -0.15) is 0 Å². The minimum Gasteiger partial charge on any atom is -0.326 e. The van der Waals surface area contributed by atoms with Gasteiger partial charge in [0, 0.05) is 42.3 Å². The van der Waals surface area contributed by atoms with Gasteiger partial charge in [0.25, 0.3) is 0 Å². The van der Waals surface area contributed by atoms with Crippen molar-refractivity contribution in [1.82, 2.24) is 9.97 Å². The summed E-state index contributed by atoms with van der Waals surface area (Å²) in [5, 5.41) is 0. The van der Waals surface area contributed by atoms with E-state index in [4.69, 9.17) is 9.97 Å². The molecule has 0 spiro atoms. The zero-order valence-electron chi connectivity index (χ0n) is 27.5. The molecule has 6 rings (SSSR count). The van der Waals surface area contributed by atoms with Crippen LogP contribution in [0.1, 0.15) is 102 Å². The first-order valence-corrected chi connectivity index (χ1v) is 16.1. The summed E-state index contributed by atoms with van der Waals surface area (Å²) in [6.07, 6.45) is 8.45. The highest BCUT2D eigenvalue weighted by atomic mass is 15.2. The van der Waals surface area contributed by atoms with Gasteiger partial charge in [-0.25, -0.2) is 9.97 Å². The summed E-state index contributed by atoms with van der Waals surface area (Å²) in [6.45, 7) is 20.4. The van der Waals surface area contributed by atoms with E-state index >= 15 is 0 Å². The van der Waals surface area contributed by atoms with Crippen molar-refractivity contribution >= 4 is 23.0 Å². The molecule has 0 saturated carbocycles. The molecular weight excluding hydrogens is 524 g/mol. The van der Waals surface area contributed by atoms with Gasteiger partial charge >= 0.3 is 0 Å². The van der Waals surface area contributed by atoms with Gasteiger partial charge in [0.15, 0.2) is 0 Å². The monoisotopic (exact) mass is 572 g/mol. The molecule has 4 heteroatoms. The second kappa shape index (κ2) is 10.8. The van der Waals surface area contributed by atoms with Crippen LogP contribution < -0.4 is 9.80 Å². The molecule has 0 fully saturated rings. The largest absolute Gasteiger partial charge is 0.326 e. The van der Waals surface area contributed by atoms with Crippen LogP contribution in [0.3, 0.4) is 0 Å². The first-order valence-electron chi connectivity index (χ1n) is 16.1. The zero-order valence-corrected chi connectivity index (χ0v) is 27.5. The molecule has 2 aliphatic heterocycles. The molecular formula is C39H48N4. The van der Waals surface area contributed by atoms with Crippen molar-refractivity contribution in [2.75, 3.05) is 22.9 Å². The molecule has 0 amide bonds. The SMILES string of the molecule is CC(C)(C)c1ccnc(N2CCCc3ccc(C(C)(C)c4ccc5c(c4)N(c4cc(C(C)(C)C)ccn4)CCC5)cc32)c1. The molecule has 0 saturated heterocycles. The van der Waals surface area contributed by atoms with Gasteiger partial charge in [-0.15, -0.1) is 0 Å². The molecule has 4 aromatic rings. The predicted molar refractivity (Wildman–Crippen MR) is 182 cm³/mol. The lowest BCUT2D eigenvalue weighted by molar-refractivity contribution is 0.588. The number of aromatic nitrogens is 2. The lowest BCUT2D eigenvalue weighted by Crippen LogP contribution is -2.28. The van der Waals surface area contributed by atoms with Crippen molar-refractivity contribution in [3.63, 3.8) is 0 Å². The summed E-state index contributed by atoms with van der Waals surface area (Å²) in [6, 6.07) is 23.2. The van der Waals surface area contributed by atoms with Crippen molar-refractivity contribution in [1.29, 1.82) is 0 Å². The number of pyridine rings is 2. The molecule has 0 unspecified atom stereocenters. The smallest absolute Gasteiger partial charge is 0.133 e. The Bertz CT molecular complexity index is 1520. The number of fused-ring (bicyclic) bond motifs is 2. The van der Waals surface area contributed by atoms with Crippen LogP contribution in [0.25, 0.3) is 0 Å². The van der Waals surface area contributed by atoms with Crippen LogP contribution in [-0.4, -0.2) is 23.1 Å². The molecule has 0 atom stereocenters. The molecule has 0 N–H and O–H groups in total. The van der Waals surface area contributed by atoms with Gasteiger partial charge < -0.3 is 9.80 Å².